The van der Waals surface area contributed by atoms with Crippen LogP contribution in [0.4, 0.5) is 5.69 Å². The molecule has 0 fully saturated rings. The zero-order chi connectivity index (χ0) is 13.8. The molecule has 2 aromatic rings. The standard InChI is InChI=1S/C11H11N5O3/c1-7-2-13-9(4-12-7)11(19)15-8-3-14-16(5-8)6-10(17)18/h2-5H,6H2,1H3,(H,15,19)(H,17,18). The van der Waals surface area contributed by atoms with Crippen LogP contribution in [0, 0.1) is 6.92 Å². The van der Waals surface area contributed by atoms with Gasteiger partial charge in [0.05, 0.1) is 23.8 Å². The fraction of sp³-hybridized carbons (Fsp3) is 0.182. The number of amides is 1. The number of nitrogens with zero attached hydrogens (tertiary/aromatic N) is 4. The molecule has 19 heavy (non-hydrogen) atoms. The Bertz CT molecular complexity index is 605. The number of hydrogen-bond acceptors (Lipinski definition) is 5. The van der Waals surface area contributed by atoms with E-state index in [0.717, 1.165) is 0 Å². The van der Waals surface area contributed by atoms with Gasteiger partial charge in [-0.1, -0.05) is 0 Å². The Hall–Kier alpha value is -2.77. The van der Waals surface area contributed by atoms with E-state index in [1.165, 1.54) is 29.5 Å². The molecule has 0 bridgehead atoms. The lowest BCUT2D eigenvalue weighted by atomic mass is 10.4. The minimum Gasteiger partial charge on any atom is -0.480 e. The van der Waals surface area contributed by atoms with Gasteiger partial charge in [0, 0.05) is 12.4 Å². The molecule has 8 nitrogen and oxygen atoms in total. The summed E-state index contributed by atoms with van der Waals surface area (Å²) < 4.78 is 1.21. The van der Waals surface area contributed by atoms with Gasteiger partial charge in [0.2, 0.25) is 0 Å². The molecule has 2 N–H and O–H groups in total. The summed E-state index contributed by atoms with van der Waals surface area (Å²) in [4.78, 5) is 30.2. The van der Waals surface area contributed by atoms with Gasteiger partial charge in [-0.25, -0.2) is 4.98 Å². The smallest absolute Gasteiger partial charge is 0.325 e. The summed E-state index contributed by atoms with van der Waals surface area (Å²) in [7, 11) is 0. The van der Waals surface area contributed by atoms with Gasteiger partial charge in [0.1, 0.15) is 12.2 Å². The monoisotopic (exact) mass is 261 g/mol. The largest absolute Gasteiger partial charge is 0.480 e. The molecule has 0 radical (unpaired) electrons. The first-order valence-corrected chi connectivity index (χ1v) is 5.39. The van der Waals surface area contributed by atoms with Gasteiger partial charge in [0.25, 0.3) is 5.91 Å². The Morgan fingerprint density at radius 1 is 1.32 bits per heavy atom. The Balaban J connectivity index is 2.04. The van der Waals surface area contributed by atoms with Crippen LogP contribution in [0.5, 0.6) is 0 Å². The van der Waals surface area contributed by atoms with Crippen LogP contribution in [0.15, 0.2) is 24.8 Å². The van der Waals surface area contributed by atoms with Crippen LogP contribution in [-0.4, -0.2) is 36.7 Å². The summed E-state index contributed by atoms with van der Waals surface area (Å²) in [5, 5.41) is 15.0. The lowest BCUT2D eigenvalue weighted by molar-refractivity contribution is -0.137. The van der Waals surface area contributed by atoms with Crippen LogP contribution in [0.25, 0.3) is 0 Å². The second-order valence-corrected chi connectivity index (χ2v) is 3.82. The Labute approximate surface area is 108 Å². The van der Waals surface area contributed by atoms with E-state index >= 15 is 0 Å². The maximum atomic E-state index is 11.8. The number of carboxylic acid groups (broad SMARTS) is 1. The number of carbonyl (C=O) groups excluding carboxylic acids is 1. The lowest BCUT2D eigenvalue weighted by Crippen LogP contribution is -2.14. The van der Waals surface area contributed by atoms with Gasteiger partial charge < -0.3 is 10.4 Å². The van der Waals surface area contributed by atoms with E-state index in [1.807, 2.05) is 0 Å². The highest BCUT2D eigenvalue weighted by Crippen LogP contribution is 2.06. The van der Waals surface area contributed by atoms with Gasteiger partial charge in [-0.3, -0.25) is 19.3 Å². The zero-order valence-electron chi connectivity index (χ0n) is 10.1. The van der Waals surface area contributed by atoms with E-state index in [2.05, 4.69) is 20.4 Å². The molecule has 1 amide bonds. The van der Waals surface area contributed by atoms with Crippen molar-refractivity contribution in [2.24, 2.45) is 0 Å². The van der Waals surface area contributed by atoms with Gasteiger partial charge in [0.15, 0.2) is 0 Å². The first-order valence-electron chi connectivity index (χ1n) is 5.39. The summed E-state index contributed by atoms with van der Waals surface area (Å²) in [5.41, 5.74) is 1.29. The molecule has 0 spiro atoms. The molecule has 8 heteroatoms. The number of aliphatic carboxylic acids is 1. The molecule has 0 saturated heterocycles. The molecule has 0 unspecified atom stereocenters. The predicted molar refractivity (Wildman–Crippen MR) is 64.6 cm³/mol. The second-order valence-electron chi connectivity index (χ2n) is 3.82. The Morgan fingerprint density at radius 3 is 2.74 bits per heavy atom. The number of aromatic nitrogens is 4. The highest BCUT2D eigenvalue weighted by Gasteiger charge is 2.10. The molecule has 0 aromatic carbocycles. The topological polar surface area (TPSA) is 110 Å². The summed E-state index contributed by atoms with van der Waals surface area (Å²) in [6.45, 7) is 1.50. The van der Waals surface area contributed by atoms with Gasteiger partial charge in [-0.15, -0.1) is 0 Å². The van der Waals surface area contributed by atoms with Crippen molar-refractivity contribution in [3.8, 4) is 0 Å². The average molecular weight is 261 g/mol. The summed E-state index contributed by atoms with van der Waals surface area (Å²) in [6.07, 6.45) is 5.64. The van der Waals surface area contributed by atoms with E-state index < -0.39 is 11.9 Å². The van der Waals surface area contributed by atoms with Crippen molar-refractivity contribution in [3.63, 3.8) is 0 Å². The Morgan fingerprint density at radius 2 is 2.11 bits per heavy atom. The van der Waals surface area contributed by atoms with Gasteiger partial charge >= 0.3 is 5.97 Å². The SMILES string of the molecule is Cc1cnc(C(=O)Nc2cnn(CC(=O)O)c2)cn1. The molecule has 0 aliphatic carbocycles. The van der Waals surface area contributed by atoms with Gasteiger partial charge in [-0.05, 0) is 6.92 Å². The van der Waals surface area contributed by atoms with Crippen molar-refractivity contribution in [1.29, 1.82) is 0 Å². The molecular formula is C11H11N5O3. The summed E-state index contributed by atoms with van der Waals surface area (Å²) in [5.74, 6) is -1.44. The zero-order valence-corrected chi connectivity index (χ0v) is 10.1. The number of nitrogens with one attached hydrogen (secondary N) is 1. The third-order valence-electron chi connectivity index (χ3n) is 2.20. The van der Waals surface area contributed by atoms with Crippen molar-refractivity contribution in [3.05, 3.63) is 36.2 Å². The normalized spacial score (nSPS) is 10.2. The number of aryl methyl sites for hydroxylation is 1. The van der Waals surface area contributed by atoms with Crippen LogP contribution >= 0.6 is 0 Å². The third kappa shape index (κ3) is 3.35. The molecule has 0 saturated carbocycles. The fourth-order valence-electron chi connectivity index (χ4n) is 1.36. The lowest BCUT2D eigenvalue weighted by Gasteiger charge is -2.01. The summed E-state index contributed by atoms with van der Waals surface area (Å²) >= 11 is 0. The number of anilines is 1. The molecular weight excluding hydrogens is 250 g/mol. The van der Waals surface area contributed by atoms with Crippen molar-refractivity contribution >= 4 is 17.6 Å². The van der Waals surface area contributed by atoms with Crippen LogP contribution in [0.1, 0.15) is 16.2 Å². The minimum absolute atomic E-state index is 0.177. The number of carbonyl (C=O) groups is 2. The average Bonchev–Trinajstić information content (AvgIpc) is 2.76. The highest BCUT2D eigenvalue weighted by molar-refractivity contribution is 6.02. The number of rotatable bonds is 4. The van der Waals surface area contributed by atoms with Crippen molar-refractivity contribution in [2.75, 3.05) is 5.32 Å². The minimum atomic E-state index is -1.01. The van der Waals surface area contributed by atoms with Crippen LogP contribution in [-0.2, 0) is 11.3 Å². The van der Waals surface area contributed by atoms with E-state index in [0.29, 0.717) is 11.4 Å². The predicted octanol–water partition coefficient (Wildman–Crippen LogP) is 0.318. The van der Waals surface area contributed by atoms with E-state index in [-0.39, 0.29) is 12.2 Å². The van der Waals surface area contributed by atoms with Crippen LogP contribution in [0.2, 0.25) is 0 Å². The quantitative estimate of drug-likeness (QED) is 0.820. The van der Waals surface area contributed by atoms with Crippen LogP contribution in [0.3, 0.4) is 0 Å². The summed E-state index contributed by atoms with van der Waals surface area (Å²) in [6, 6.07) is 0. The van der Waals surface area contributed by atoms with Crippen molar-refractivity contribution in [2.45, 2.75) is 13.5 Å². The van der Waals surface area contributed by atoms with E-state index in [4.69, 9.17) is 5.11 Å². The maximum Gasteiger partial charge on any atom is 0.325 e. The Kier molecular flexibility index (Phi) is 3.51. The third-order valence-corrected chi connectivity index (χ3v) is 2.20. The van der Waals surface area contributed by atoms with Crippen LogP contribution < -0.4 is 5.32 Å². The molecule has 98 valence electrons. The first-order chi connectivity index (χ1) is 9.04. The fourth-order valence-corrected chi connectivity index (χ4v) is 1.36. The van der Waals surface area contributed by atoms with Crippen molar-refractivity contribution in [1.82, 2.24) is 19.7 Å². The highest BCUT2D eigenvalue weighted by atomic mass is 16.4. The molecule has 2 aromatic heterocycles. The van der Waals surface area contributed by atoms with E-state index in [9.17, 15) is 9.59 Å². The number of hydrogen-bond donors (Lipinski definition) is 2. The molecule has 0 aliphatic heterocycles. The molecule has 2 heterocycles. The van der Waals surface area contributed by atoms with Crippen molar-refractivity contribution < 1.29 is 14.7 Å². The van der Waals surface area contributed by atoms with Gasteiger partial charge in [-0.2, -0.15) is 5.10 Å². The molecule has 0 aliphatic rings. The molecule has 0 atom stereocenters. The maximum absolute atomic E-state index is 11.8. The number of carboxylic acids is 1. The molecule has 2 rings (SSSR count). The first kappa shape index (κ1) is 12.7. The second kappa shape index (κ2) is 5.25. The van der Waals surface area contributed by atoms with E-state index in [1.54, 1.807) is 6.92 Å².